The number of hydrogen-bond donors (Lipinski definition) is 1. The van der Waals surface area contributed by atoms with Crippen molar-refractivity contribution >= 4 is 50.5 Å². The summed E-state index contributed by atoms with van der Waals surface area (Å²) >= 11 is 12.2. The fourth-order valence-electron chi connectivity index (χ4n) is 3.07. The first-order chi connectivity index (χ1) is 13.1. The molecule has 8 heteroatoms. The smallest absolute Gasteiger partial charge is 0.248 e. The second-order valence-electron chi connectivity index (χ2n) is 6.48. The van der Waals surface area contributed by atoms with Crippen LogP contribution in [0.25, 0.3) is 0 Å². The van der Waals surface area contributed by atoms with Gasteiger partial charge >= 0.3 is 0 Å². The van der Waals surface area contributed by atoms with Crippen molar-refractivity contribution in [3.05, 3.63) is 57.6 Å². The van der Waals surface area contributed by atoms with Crippen LogP contribution in [0.3, 0.4) is 0 Å². The van der Waals surface area contributed by atoms with Gasteiger partial charge in [-0.3, -0.25) is 9.10 Å². The predicted octanol–water partition coefficient (Wildman–Crippen LogP) is 4.91. The normalized spacial score (nSPS) is 12.5. The Morgan fingerprint density at radius 1 is 1.11 bits per heavy atom. The van der Waals surface area contributed by atoms with Gasteiger partial charge in [0.05, 0.1) is 17.0 Å². The highest BCUT2D eigenvalue weighted by Gasteiger charge is 2.31. The van der Waals surface area contributed by atoms with Gasteiger partial charge in [-0.15, -0.1) is 0 Å². The Morgan fingerprint density at radius 3 is 2.18 bits per heavy atom. The molecule has 0 saturated heterocycles. The predicted molar refractivity (Wildman–Crippen MR) is 117 cm³/mol. The third-order valence-electron chi connectivity index (χ3n) is 4.48. The minimum Gasteiger partial charge on any atom is -0.324 e. The molecule has 0 aliphatic heterocycles. The maximum atomic E-state index is 13.0. The minimum atomic E-state index is -3.80. The number of nitrogens with one attached hydrogen (secondary N) is 1. The van der Waals surface area contributed by atoms with Gasteiger partial charge in [-0.1, -0.05) is 55.2 Å². The SMILES string of the molecule is CCc1cccc(CC)c1NC(=O)[C@@H](C)N(c1cc(Cl)ccc1Cl)S(C)(=O)=O. The number of benzene rings is 2. The van der Waals surface area contributed by atoms with E-state index >= 15 is 0 Å². The van der Waals surface area contributed by atoms with Gasteiger partial charge in [0.25, 0.3) is 0 Å². The van der Waals surface area contributed by atoms with Gasteiger partial charge in [-0.25, -0.2) is 8.42 Å². The van der Waals surface area contributed by atoms with E-state index in [4.69, 9.17) is 23.2 Å². The van der Waals surface area contributed by atoms with Gasteiger partial charge in [0.15, 0.2) is 0 Å². The maximum Gasteiger partial charge on any atom is 0.248 e. The summed E-state index contributed by atoms with van der Waals surface area (Å²) in [6.07, 6.45) is 2.52. The summed E-state index contributed by atoms with van der Waals surface area (Å²) in [5, 5.41) is 3.43. The molecule has 0 aromatic heterocycles. The monoisotopic (exact) mass is 442 g/mol. The van der Waals surface area contributed by atoms with Crippen LogP contribution < -0.4 is 9.62 Å². The van der Waals surface area contributed by atoms with Crippen molar-refractivity contribution < 1.29 is 13.2 Å². The zero-order valence-electron chi connectivity index (χ0n) is 16.3. The Balaban J connectivity index is 2.45. The molecule has 0 unspecified atom stereocenters. The molecule has 2 rings (SSSR count). The number of sulfonamides is 1. The number of amides is 1. The van der Waals surface area contributed by atoms with Crippen LogP contribution in [-0.2, 0) is 27.7 Å². The number of rotatable bonds is 7. The molecule has 5 nitrogen and oxygen atoms in total. The van der Waals surface area contributed by atoms with Gasteiger partial charge < -0.3 is 5.32 Å². The molecule has 0 bridgehead atoms. The minimum absolute atomic E-state index is 0.166. The fourth-order valence-corrected chi connectivity index (χ4v) is 4.67. The summed E-state index contributed by atoms with van der Waals surface area (Å²) in [5.41, 5.74) is 2.88. The van der Waals surface area contributed by atoms with Gasteiger partial charge in [0.2, 0.25) is 15.9 Å². The summed E-state index contributed by atoms with van der Waals surface area (Å²) in [7, 11) is -3.80. The lowest BCUT2D eigenvalue weighted by Gasteiger charge is -2.29. The maximum absolute atomic E-state index is 13.0. The van der Waals surface area contributed by atoms with E-state index in [-0.39, 0.29) is 10.7 Å². The second-order valence-corrected chi connectivity index (χ2v) is 9.18. The van der Waals surface area contributed by atoms with Crippen LogP contribution in [-0.4, -0.2) is 26.6 Å². The van der Waals surface area contributed by atoms with E-state index in [0.29, 0.717) is 5.02 Å². The topological polar surface area (TPSA) is 66.5 Å². The molecule has 152 valence electrons. The molecule has 0 aliphatic carbocycles. The summed E-state index contributed by atoms with van der Waals surface area (Å²) in [6.45, 7) is 5.53. The number of carbonyl (C=O) groups is 1. The Labute approximate surface area is 176 Å². The molecule has 1 atom stereocenters. The number of anilines is 2. The molecule has 0 saturated carbocycles. The average Bonchev–Trinajstić information content (AvgIpc) is 2.63. The first-order valence-corrected chi connectivity index (χ1v) is 11.6. The highest BCUT2D eigenvalue weighted by molar-refractivity contribution is 7.92. The van der Waals surface area contributed by atoms with E-state index in [2.05, 4.69) is 5.32 Å². The molecule has 0 fully saturated rings. The van der Waals surface area contributed by atoms with Crippen LogP contribution in [0, 0.1) is 0 Å². The third kappa shape index (κ3) is 4.99. The highest BCUT2D eigenvalue weighted by Crippen LogP contribution is 2.32. The zero-order valence-corrected chi connectivity index (χ0v) is 18.6. The number of hydrogen-bond acceptors (Lipinski definition) is 3. The molecule has 2 aromatic rings. The second kappa shape index (κ2) is 9.16. The highest BCUT2D eigenvalue weighted by atomic mass is 35.5. The molecule has 0 spiro atoms. The van der Waals surface area contributed by atoms with Crippen molar-refractivity contribution in [1.82, 2.24) is 0 Å². The number of halogens is 2. The van der Waals surface area contributed by atoms with Gasteiger partial charge in [-0.2, -0.15) is 0 Å². The van der Waals surface area contributed by atoms with Crippen LogP contribution in [0.15, 0.2) is 36.4 Å². The van der Waals surface area contributed by atoms with Crippen LogP contribution in [0.4, 0.5) is 11.4 Å². The Kier molecular flexibility index (Phi) is 7.37. The van der Waals surface area contributed by atoms with Crippen LogP contribution >= 0.6 is 23.2 Å². The van der Waals surface area contributed by atoms with Crippen molar-refractivity contribution in [2.45, 2.75) is 39.7 Å². The first kappa shape index (κ1) is 22.5. The first-order valence-electron chi connectivity index (χ1n) is 8.96. The van der Waals surface area contributed by atoms with E-state index in [1.165, 1.54) is 19.1 Å². The van der Waals surface area contributed by atoms with Gasteiger partial charge in [-0.05, 0) is 49.1 Å². The van der Waals surface area contributed by atoms with Crippen LogP contribution in [0.1, 0.15) is 31.9 Å². The summed E-state index contributed by atoms with van der Waals surface area (Å²) in [5.74, 6) is -0.447. The molecule has 28 heavy (non-hydrogen) atoms. The number of aryl methyl sites for hydroxylation is 2. The largest absolute Gasteiger partial charge is 0.324 e. The number of nitrogens with zero attached hydrogens (tertiary/aromatic N) is 1. The third-order valence-corrected chi connectivity index (χ3v) is 6.26. The number of para-hydroxylation sites is 1. The molecule has 0 heterocycles. The van der Waals surface area contributed by atoms with Crippen LogP contribution in [0.5, 0.6) is 0 Å². The molecule has 1 amide bonds. The summed E-state index contributed by atoms with van der Waals surface area (Å²) in [4.78, 5) is 13.0. The van der Waals surface area contributed by atoms with E-state index in [1.54, 1.807) is 6.07 Å². The molecular formula is C20H24Cl2N2O3S. The van der Waals surface area contributed by atoms with Crippen molar-refractivity contribution in [2.75, 3.05) is 15.9 Å². The van der Waals surface area contributed by atoms with E-state index in [9.17, 15) is 13.2 Å². The fraction of sp³-hybridized carbons (Fsp3) is 0.350. The molecular weight excluding hydrogens is 419 g/mol. The standard InChI is InChI=1S/C20H24Cl2N2O3S/c1-5-14-8-7-9-15(6-2)19(14)23-20(25)13(3)24(28(4,26)27)18-12-16(21)10-11-17(18)22/h7-13H,5-6H2,1-4H3,(H,23,25)/t13-/m1/s1. The average molecular weight is 443 g/mol. The quantitative estimate of drug-likeness (QED) is 0.661. The zero-order chi connectivity index (χ0) is 21.1. The number of carbonyl (C=O) groups excluding carboxylic acids is 1. The van der Waals surface area contributed by atoms with E-state index in [1.807, 2.05) is 32.0 Å². The lowest BCUT2D eigenvalue weighted by Crippen LogP contribution is -2.45. The lowest BCUT2D eigenvalue weighted by atomic mass is 10.0. The van der Waals surface area contributed by atoms with Crippen molar-refractivity contribution in [3.8, 4) is 0 Å². The summed E-state index contributed by atoms with van der Waals surface area (Å²) < 4.78 is 26.0. The van der Waals surface area contributed by atoms with Crippen LogP contribution in [0.2, 0.25) is 10.0 Å². The van der Waals surface area contributed by atoms with Gasteiger partial charge in [0, 0.05) is 10.7 Å². The molecule has 0 radical (unpaired) electrons. The Hall–Kier alpha value is -1.76. The Bertz CT molecular complexity index is 955. The van der Waals surface area contributed by atoms with Gasteiger partial charge in [0.1, 0.15) is 6.04 Å². The van der Waals surface area contributed by atoms with E-state index in [0.717, 1.165) is 40.2 Å². The molecule has 2 aromatic carbocycles. The lowest BCUT2D eigenvalue weighted by molar-refractivity contribution is -0.116. The Morgan fingerprint density at radius 2 is 1.68 bits per heavy atom. The van der Waals surface area contributed by atoms with Crippen molar-refractivity contribution in [3.63, 3.8) is 0 Å². The van der Waals surface area contributed by atoms with E-state index < -0.39 is 22.0 Å². The van der Waals surface area contributed by atoms with Crippen molar-refractivity contribution in [1.29, 1.82) is 0 Å². The van der Waals surface area contributed by atoms with Crippen molar-refractivity contribution in [2.24, 2.45) is 0 Å². The summed E-state index contributed by atoms with van der Waals surface area (Å²) in [6, 6.07) is 9.31. The molecule has 0 aliphatic rings. The molecule has 1 N–H and O–H groups in total.